The normalized spacial score (nSPS) is 18.6. The first-order valence-corrected chi connectivity index (χ1v) is 14.2. The second kappa shape index (κ2) is 7.86. The van der Waals surface area contributed by atoms with Crippen LogP contribution in [0.5, 0.6) is 0 Å². The van der Waals surface area contributed by atoms with E-state index in [1.807, 2.05) is 0 Å². The van der Waals surface area contributed by atoms with Crippen molar-refractivity contribution in [3.63, 3.8) is 0 Å². The van der Waals surface area contributed by atoms with Crippen LogP contribution < -0.4 is 0 Å². The molecule has 0 aromatic rings. The molecule has 0 aromatic carbocycles. The van der Waals surface area contributed by atoms with E-state index < -0.39 is 14.1 Å². The zero-order valence-corrected chi connectivity index (χ0v) is 26.4. The third kappa shape index (κ3) is 5.96. The Labute approximate surface area is 172 Å². The topological polar surface area (TPSA) is 0 Å². The molecular weight excluding hydrogens is 406 g/mol. The van der Waals surface area contributed by atoms with Crippen LogP contribution in [0.15, 0.2) is 20.0 Å². The van der Waals surface area contributed by atoms with Crippen LogP contribution >= 0.6 is 0 Å². The van der Waals surface area contributed by atoms with Gasteiger partial charge >= 0.3 is 84.5 Å². The second-order valence-electron chi connectivity index (χ2n) is 11.7. The Morgan fingerprint density at radius 3 is 1.00 bits per heavy atom. The van der Waals surface area contributed by atoms with Gasteiger partial charge < -0.3 is 0 Å². The average Bonchev–Trinajstić information content (AvgIpc) is 2.40. The fraction of sp³-hybridized carbons (Fsp3) is 0.818. The zero-order valence-electron chi connectivity index (χ0n) is 19.6. The number of hydrogen-bond acceptors (Lipinski definition) is 0. The molecule has 0 aliphatic heterocycles. The summed E-state index contributed by atoms with van der Waals surface area (Å²) >= 11 is -0.120. The summed E-state index contributed by atoms with van der Waals surface area (Å²) in [5.41, 5.74) is 5.13. The van der Waals surface area contributed by atoms with Gasteiger partial charge in [-0.2, -0.15) is 0 Å². The second-order valence-corrected chi connectivity index (χ2v) is 20.6. The van der Waals surface area contributed by atoms with Crippen molar-refractivity contribution in [3.05, 3.63) is 20.0 Å². The van der Waals surface area contributed by atoms with Crippen LogP contribution in [0.25, 0.3) is 0 Å². The Balaban J connectivity index is 0.000000446. The molecule has 1 rings (SSSR count). The van der Waals surface area contributed by atoms with Gasteiger partial charge in [0.15, 0.2) is 0 Å². The standard InChI is InChI=1S/C10H15.3C4H9.Al.In.2H/c1-7-6-10(4,5)9(3)8(7)2;3*1-4(2)3;;;;/h1-5H3;3*1-3H3;;;;. The Bertz CT molecular complexity index is 454. The summed E-state index contributed by atoms with van der Waals surface area (Å²) in [7, 11) is 0. The molecule has 0 amide bonds. The maximum Gasteiger partial charge on any atom is 0.279 e. The molecular formula is C22H44AlIn. The molecule has 0 saturated heterocycles. The minimum atomic E-state index is -0.799. The summed E-state index contributed by atoms with van der Waals surface area (Å²) in [5.74, 6) is 0. The van der Waals surface area contributed by atoms with E-state index in [-0.39, 0.29) is 0 Å². The van der Waals surface area contributed by atoms with E-state index in [9.17, 15) is 0 Å². The van der Waals surface area contributed by atoms with E-state index in [0.717, 1.165) is 0 Å². The molecule has 0 spiro atoms. The smallest absolute Gasteiger partial charge is 0.0779 e. The number of rotatable bonds is 0. The zero-order chi connectivity index (χ0) is 19.9. The van der Waals surface area contributed by atoms with Crippen molar-refractivity contribution >= 4 is 38.5 Å². The molecule has 2 heteroatoms. The van der Waals surface area contributed by atoms with Gasteiger partial charge in [0.05, 0.1) is 0 Å². The van der Waals surface area contributed by atoms with Crippen molar-refractivity contribution in [2.75, 3.05) is 0 Å². The quantitative estimate of drug-likeness (QED) is 0.344. The summed E-state index contributed by atoms with van der Waals surface area (Å²) < 4.78 is 3.32. The summed E-state index contributed by atoms with van der Waals surface area (Å²) in [5, 5.41) is 0. The molecule has 1 aliphatic carbocycles. The maximum atomic E-state index is 2.42. The van der Waals surface area contributed by atoms with Crippen LogP contribution in [-0.4, -0.2) is 38.5 Å². The van der Waals surface area contributed by atoms with E-state index in [1.165, 1.54) is 0 Å². The average molecular weight is 450 g/mol. The van der Waals surface area contributed by atoms with E-state index in [0.29, 0.717) is 42.6 Å². The Morgan fingerprint density at radius 1 is 0.667 bits per heavy atom. The molecule has 0 heterocycles. The van der Waals surface area contributed by atoms with Gasteiger partial charge in [-0.05, 0) is 0 Å². The summed E-state index contributed by atoms with van der Waals surface area (Å²) in [6, 6.07) is 0. The molecule has 1 aliphatic rings. The van der Waals surface area contributed by atoms with Gasteiger partial charge in [0.1, 0.15) is 0 Å². The molecule has 0 bridgehead atoms. The molecule has 0 nitrogen and oxygen atoms in total. The van der Waals surface area contributed by atoms with Gasteiger partial charge in [-0.1, -0.05) is 75.1 Å². The predicted octanol–water partition coefficient (Wildman–Crippen LogP) is 7.15. The van der Waals surface area contributed by atoms with E-state index in [2.05, 4.69) is 96.9 Å². The molecule has 24 heavy (non-hydrogen) atoms. The molecule has 138 valence electrons. The molecule has 0 atom stereocenters. The van der Waals surface area contributed by atoms with Crippen LogP contribution in [0.3, 0.4) is 0 Å². The minimum absolute atomic E-state index is 0.407. The Hall–Kier alpha value is 0.883. The predicted molar refractivity (Wildman–Crippen MR) is 118 cm³/mol. The van der Waals surface area contributed by atoms with Crippen LogP contribution in [0.1, 0.15) is 96.9 Å². The third-order valence-corrected chi connectivity index (χ3v) is 17.1. The summed E-state index contributed by atoms with van der Waals surface area (Å²) in [6.45, 7) is 33.3. The van der Waals surface area contributed by atoms with E-state index >= 15 is 0 Å². The number of hydrogen-bond donors (Lipinski definition) is 0. The van der Waals surface area contributed by atoms with Crippen LogP contribution in [-0.2, 0) is 0 Å². The molecule has 0 radical (unpaired) electrons. The molecule has 0 fully saturated rings. The van der Waals surface area contributed by atoms with Gasteiger partial charge in [-0.3, -0.25) is 0 Å². The van der Waals surface area contributed by atoms with Crippen LogP contribution in [0.2, 0.25) is 12.8 Å². The largest absolute Gasteiger partial charge is 0.279 e. The first-order chi connectivity index (χ1) is 10.3. The third-order valence-electron chi connectivity index (χ3n) is 6.16. The first kappa shape index (κ1) is 24.9. The summed E-state index contributed by atoms with van der Waals surface area (Å²) in [6.07, 6.45) is 0. The van der Waals surface area contributed by atoms with Gasteiger partial charge in [0, 0.05) is 0 Å². The summed E-state index contributed by atoms with van der Waals surface area (Å²) in [4.78, 5) is 0. The fourth-order valence-corrected chi connectivity index (χ4v) is 15.6. The minimum Gasteiger partial charge on any atom is -0.0779 e. The van der Waals surface area contributed by atoms with Gasteiger partial charge in [0.2, 0.25) is 0 Å². The van der Waals surface area contributed by atoms with Crippen molar-refractivity contribution in [1.29, 1.82) is 0 Å². The Kier molecular flexibility index (Phi) is 8.15. The van der Waals surface area contributed by atoms with Gasteiger partial charge in [0.25, 0.3) is 14.1 Å². The first-order valence-electron chi connectivity index (χ1n) is 9.62. The maximum absolute atomic E-state index is 2.42. The van der Waals surface area contributed by atoms with Gasteiger partial charge in [-0.25, -0.2) is 0 Å². The number of allylic oxidation sites excluding steroid dienone is 4. The Morgan fingerprint density at radius 2 is 0.958 bits per heavy atom. The van der Waals surface area contributed by atoms with E-state index in [1.54, 1.807) is 20.0 Å². The molecule has 0 N–H and O–H groups in total. The van der Waals surface area contributed by atoms with Crippen molar-refractivity contribution in [3.8, 4) is 0 Å². The monoisotopic (exact) mass is 450 g/mol. The van der Waals surface area contributed by atoms with Crippen molar-refractivity contribution in [1.82, 2.24) is 0 Å². The van der Waals surface area contributed by atoms with Crippen molar-refractivity contribution < 1.29 is 0 Å². The fourth-order valence-electron chi connectivity index (χ4n) is 5.68. The molecule has 0 aromatic heterocycles. The van der Waals surface area contributed by atoms with Gasteiger partial charge in [-0.15, -0.1) is 0 Å². The van der Waals surface area contributed by atoms with E-state index in [4.69, 9.17) is 0 Å². The molecule has 0 unspecified atom stereocenters. The van der Waals surface area contributed by atoms with Crippen molar-refractivity contribution in [2.24, 2.45) is 5.41 Å². The van der Waals surface area contributed by atoms with Crippen molar-refractivity contribution in [2.45, 2.75) is 110 Å². The SMILES string of the molecule is CC1=C(C)C(C)(C)[C]([InH2])=C1C.C[C](C)(C)[Al]([C](C)(C)C)[C](C)(C)C. The van der Waals surface area contributed by atoms with Crippen LogP contribution in [0, 0.1) is 5.41 Å². The molecule has 0 saturated carbocycles. The van der Waals surface area contributed by atoms with Crippen LogP contribution in [0.4, 0.5) is 0 Å².